The van der Waals surface area contributed by atoms with Crippen LogP contribution < -0.4 is 11.1 Å². The number of halogens is 1. The molecule has 0 aliphatic carbocycles. The standard InChI is InChI=1S/C23H23ClN4O2/c1-2-15-7-6-10-17(13-15)26-23(30)27-11-12-28-18(14-27)19(22(25)29)20(24)21(28)16-8-4-3-5-9-16/h3-10,13H,2,11-12,14H2,1H3,(H2,25,29)(H,26,30). The first-order valence-electron chi connectivity index (χ1n) is 9.90. The molecule has 0 fully saturated rings. The minimum Gasteiger partial charge on any atom is -0.365 e. The number of rotatable bonds is 4. The lowest BCUT2D eigenvalue weighted by Gasteiger charge is -2.30. The third-order valence-corrected chi connectivity index (χ3v) is 5.78. The molecule has 30 heavy (non-hydrogen) atoms. The number of aryl methyl sites for hydroxylation is 1. The van der Waals surface area contributed by atoms with Crippen molar-refractivity contribution in [2.75, 3.05) is 11.9 Å². The highest BCUT2D eigenvalue weighted by atomic mass is 35.5. The van der Waals surface area contributed by atoms with E-state index in [4.69, 9.17) is 17.3 Å². The van der Waals surface area contributed by atoms with Crippen LogP contribution in [-0.4, -0.2) is 28.0 Å². The van der Waals surface area contributed by atoms with Crippen molar-refractivity contribution in [1.29, 1.82) is 0 Å². The second-order valence-corrected chi connectivity index (χ2v) is 7.65. The van der Waals surface area contributed by atoms with E-state index in [2.05, 4.69) is 12.2 Å². The van der Waals surface area contributed by atoms with Gasteiger partial charge >= 0.3 is 6.03 Å². The van der Waals surface area contributed by atoms with E-state index in [-0.39, 0.29) is 18.1 Å². The number of anilines is 1. The normalized spacial score (nSPS) is 13.1. The van der Waals surface area contributed by atoms with Gasteiger partial charge in [-0.25, -0.2) is 4.79 Å². The molecule has 2 heterocycles. The molecule has 0 radical (unpaired) electrons. The van der Waals surface area contributed by atoms with Gasteiger partial charge in [-0.05, 0) is 29.7 Å². The van der Waals surface area contributed by atoms with Crippen LogP contribution in [0.4, 0.5) is 10.5 Å². The molecule has 4 rings (SSSR count). The summed E-state index contributed by atoms with van der Waals surface area (Å²) in [4.78, 5) is 26.7. The number of hydrogen-bond donors (Lipinski definition) is 2. The number of urea groups is 1. The summed E-state index contributed by atoms with van der Waals surface area (Å²) in [5.74, 6) is -0.594. The number of nitrogens with one attached hydrogen (secondary N) is 1. The van der Waals surface area contributed by atoms with Gasteiger partial charge in [-0.2, -0.15) is 0 Å². The Hall–Kier alpha value is -3.25. The average molecular weight is 423 g/mol. The van der Waals surface area contributed by atoms with E-state index in [0.29, 0.717) is 23.8 Å². The first-order valence-corrected chi connectivity index (χ1v) is 10.3. The van der Waals surface area contributed by atoms with Gasteiger partial charge in [-0.15, -0.1) is 0 Å². The Labute approximate surface area is 180 Å². The van der Waals surface area contributed by atoms with Crippen molar-refractivity contribution in [2.45, 2.75) is 26.4 Å². The maximum absolute atomic E-state index is 12.9. The number of primary amides is 1. The number of aromatic nitrogens is 1. The Morgan fingerprint density at radius 1 is 1.10 bits per heavy atom. The van der Waals surface area contributed by atoms with Crippen molar-refractivity contribution in [3.8, 4) is 11.3 Å². The van der Waals surface area contributed by atoms with Crippen molar-refractivity contribution >= 4 is 29.2 Å². The minimum atomic E-state index is -0.594. The molecule has 1 aromatic heterocycles. The van der Waals surface area contributed by atoms with Crippen LogP contribution in [0, 0.1) is 0 Å². The lowest BCUT2D eigenvalue weighted by molar-refractivity contribution is 0.0997. The molecule has 1 aliphatic heterocycles. The van der Waals surface area contributed by atoms with Crippen LogP contribution in [-0.2, 0) is 19.5 Å². The predicted molar refractivity (Wildman–Crippen MR) is 119 cm³/mol. The van der Waals surface area contributed by atoms with Crippen molar-refractivity contribution in [3.05, 3.63) is 76.4 Å². The zero-order valence-electron chi connectivity index (χ0n) is 16.7. The summed E-state index contributed by atoms with van der Waals surface area (Å²) in [6.45, 7) is 3.34. The SMILES string of the molecule is CCc1cccc(NC(=O)N2CCn3c(c(C(N)=O)c(Cl)c3-c3ccccc3)C2)c1. The summed E-state index contributed by atoms with van der Waals surface area (Å²) < 4.78 is 2.00. The van der Waals surface area contributed by atoms with E-state index in [9.17, 15) is 9.59 Å². The highest BCUT2D eigenvalue weighted by Gasteiger charge is 2.31. The van der Waals surface area contributed by atoms with Crippen LogP contribution in [0.5, 0.6) is 0 Å². The van der Waals surface area contributed by atoms with Crippen LogP contribution in [0.15, 0.2) is 54.6 Å². The van der Waals surface area contributed by atoms with Crippen molar-refractivity contribution in [1.82, 2.24) is 9.47 Å². The summed E-state index contributed by atoms with van der Waals surface area (Å²) in [5, 5.41) is 3.28. The fraction of sp³-hybridized carbons (Fsp3) is 0.217. The first kappa shape index (κ1) is 20.0. The molecule has 0 spiro atoms. The fourth-order valence-electron chi connectivity index (χ4n) is 3.90. The average Bonchev–Trinajstić information content (AvgIpc) is 3.05. The number of amides is 3. The minimum absolute atomic E-state index is 0.219. The van der Waals surface area contributed by atoms with E-state index >= 15 is 0 Å². The van der Waals surface area contributed by atoms with Crippen molar-refractivity contribution in [3.63, 3.8) is 0 Å². The third kappa shape index (κ3) is 3.66. The molecule has 7 heteroatoms. The maximum Gasteiger partial charge on any atom is 0.322 e. The summed E-state index contributed by atoms with van der Waals surface area (Å²) in [5.41, 5.74) is 10.2. The topological polar surface area (TPSA) is 80.4 Å². The van der Waals surface area contributed by atoms with Crippen molar-refractivity contribution < 1.29 is 9.59 Å². The highest BCUT2D eigenvalue weighted by molar-refractivity contribution is 6.36. The first-order chi connectivity index (χ1) is 14.5. The molecule has 3 amide bonds. The lowest BCUT2D eigenvalue weighted by atomic mass is 10.1. The molecule has 6 nitrogen and oxygen atoms in total. The van der Waals surface area contributed by atoms with Gasteiger partial charge in [0.2, 0.25) is 0 Å². The van der Waals surface area contributed by atoms with E-state index in [1.54, 1.807) is 4.90 Å². The van der Waals surface area contributed by atoms with Crippen LogP contribution in [0.3, 0.4) is 0 Å². The molecule has 1 aliphatic rings. The molecule has 2 aromatic carbocycles. The summed E-state index contributed by atoms with van der Waals surface area (Å²) in [6.07, 6.45) is 0.893. The maximum atomic E-state index is 12.9. The van der Waals surface area contributed by atoms with Gasteiger partial charge in [0.25, 0.3) is 5.91 Å². The molecule has 3 N–H and O–H groups in total. The van der Waals surface area contributed by atoms with Crippen LogP contribution in [0.1, 0.15) is 28.5 Å². The quantitative estimate of drug-likeness (QED) is 0.648. The number of benzene rings is 2. The van der Waals surface area contributed by atoms with E-state index in [1.165, 1.54) is 0 Å². The lowest BCUT2D eigenvalue weighted by Crippen LogP contribution is -2.41. The van der Waals surface area contributed by atoms with Gasteiger partial charge in [-0.1, -0.05) is 61.0 Å². The summed E-state index contributed by atoms with van der Waals surface area (Å²) in [7, 11) is 0. The molecule has 0 saturated heterocycles. The predicted octanol–water partition coefficient (Wildman–Crippen LogP) is 4.52. The number of carbonyl (C=O) groups excluding carboxylic acids is 2. The fourth-order valence-corrected chi connectivity index (χ4v) is 4.31. The number of nitrogens with zero attached hydrogens (tertiary/aromatic N) is 2. The van der Waals surface area contributed by atoms with Gasteiger partial charge in [-0.3, -0.25) is 4.79 Å². The Kier molecular flexibility index (Phi) is 5.50. The van der Waals surface area contributed by atoms with Gasteiger partial charge in [0, 0.05) is 18.8 Å². The van der Waals surface area contributed by atoms with Gasteiger partial charge in [0.15, 0.2) is 0 Å². The van der Waals surface area contributed by atoms with Crippen LogP contribution in [0.25, 0.3) is 11.3 Å². The zero-order valence-corrected chi connectivity index (χ0v) is 17.4. The molecule has 154 valence electrons. The molecule has 0 saturated carbocycles. The van der Waals surface area contributed by atoms with E-state index in [1.807, 2.05) is 59.2 Å². The number of nitrogens with two attached hydrogens (primary N) is 1. The second-order valence-electron chi connectivity index (χ2n) is 7.27. The van der Waals surface area contributed by atoms with E-state index < -0.39 is 5.91 Å². The number of carbonyl (C=O) groups is 2. The summed E-state index contributed by atoms with van der Waals surface area (Å²) >= 11 is 6.60. The molecule has 0 unspecified atom stereocenters. The Morgan fingerprint density at radius 3 is 2.57 bits per heavy atom. The highest BCUT2D eigenvalue weighted by Crippen LogP contribution is 2.37. The zero-order chi connectivity index (χ0) is 21.3. The van der Waals surface area contributed by atoms with Crippen LogP contribution in [0.2, 0.25) is 5.02 Å². The van der Waals surface area contributed by atoms with Crippen molar-refractivity contribution in [2.24, 2.45) is 5.73 Å². The summed E-state index contributed by atoms with van der Waals surface area (Å²) in [6, 6.07) is 17.2. The van der Waals surface area contributed by atoms with Gasteiger partial charge in [0.1, 0.15) is 0 Å². The molecular weight excluding hydrogens is 400 g/mol. The Balaban J connectivity index is 1.64. The van der Waals surface area contributed by atoms with Gasteiger partial charge in [0.05, 0.1) is 28.5 Å². The molecular formula is C23H23ClN4O2. The number of hydrogen-bond acceptors (Lipinski definition) is 2. The Bertz CT molecular complexity index is 1110. The smallest absolute Gasteiger partial charge is 0.322 e. The molecule has 0 atom stereocenters. The third-order valence-electron chi connectivity index (χ3n) is 5.41. The second kappa shape index (κ2) is 8.24. The van der Waals surface area contributed by atoms with Gasteiger partial charge < -0.3 is 20.5 Å². The Morgan fingerprint density at radius 2 is 1.87 bits per heavy atom. The molecule has 0 bridgehead atoms. The monoisotopic (exact) mass is 422 g/mol. The molecule has 3 aromatic rings. The number of fused-ring (bicyclic) bond motifs is 1. The van der Waals surface area contributed by atoms with E-state index in [0.717, 1.165) is 28.9 Å². The largest absolute Gasteiger partial charge is 0.365 e. The van der Waals surface area contributed by atoms with Crippen LogP contribution >= 0.6 is 11.6 Å².